The largest absolute Gasteiger partial charge is 0.496 e. The van der Waals surface area contributed by atoms with E-state index >= 15 is 0 Å². The van der Waals surface area contributed by atoms with Crippen LogP contribution in [0.4, 0.5) is 0 Å². The van der Waals surface area contributed by atoms with E-state index in [1.54, 1.807) is 7.11 Å². The molecule has 0 aliphatic heterocycles. The van der Waals surface area contributed by atoms with Crippen LogP contribution < -0.4 is 4.74 Å². The second kappa shape index (κ2) is 5.08. The zero-order valence-corrected chi connectivity index (χ0v) is 12.8. The third-order valence-corrected chi connectivity index (χ3v) is 4.31. The van der Waals surface area contributed by atoms with E-state index in [1.807, 2.05) is 30.3 Å². The molecular weight excluding hydrogens is 294 g/mol. The average molecular weight is 308 g/mol. The number of aromatic nitrogens is 1. The monoisotopic (exact) mass is 307 g/mol. The van der Waals surface area contributed by atoms with Gasteiger partial charge in [-0.25, -0.2) is 0 Å². The number of aromatic amines is 1. The summed E-state index contributed by atoms with van der Waals surface area (Å²) in [5, 5.41) is 2.85. The molecule has 0 bridgehead atoms. The molecule has 3 heteroatoms. The molecular formula is C19H14ClNO. The highest BCUT2D eigenvalue weighted by atomic mass is 35.5. The Hall–Kier alpha value is -2.45. The van der Waals surface area contributed by atoms with Crippen molar-refractivity contribution in [2.75, 3.05) is 7.11 Å². The summed E-state index contributed by atoms with van der Waals surface area (Å²) in [6.07, 6.45) is 0. The molecule has 3 aromatic carbocycles. The van der Waals surface area contributed by atoms with E-state index in [0.29, 0.717) is 5.02 Å². The predicted molar refractivity (Wildman–Crippen MR) is 92.8 cm³/mol. The molecule has 0 aliphatic rings. The third kappa shape index (κ3) is 1.96. The third-order valence-electron chi connectivity index (χ3n) is 3.99. The van der Waals surface area contributed by atoms with Gasteiger partial charge in [-0.3, -0.25) is 0 Å². The number of rotatable bonds is 2. The van der Waals surface area contributed by atoms with E-state index in [4.69, 9.17) is 16.3 Å². The first-order valence-corrected chi connectivity index (χ1v) is 7.49. The van der Waals surface area contributed by atoms with Crippen molar-refractivity contribution in [1.29, 1.82) is 0 Å². The van der Waals surface area contributed by atoms with Gasteiger partial charge in [0.2, 0.25) is 0 Å². The van der Waals surface area contributed by atoms with Crippen LogP contribution in [0.25, 0.3) is 32.9 Å². The highest BCUT2D eigenvalue weighted by Gasteiger charge is 2.13. The summed E-state index contributed by atoms with van der Waals surface area (Å²) >= 11 is 6.33. The molecule has 1 heterocycles. The van der Waals surface area contributed by atoms with Crippen molar-refractivity contribution in [2.24, 2.45) is 0 Å². The number of fused-ring (bicyclic) bond motifs is 3. The lowest BCUT2D eigenvalue weighted by atomic mass is 10.0. The number of nitrogens with one attached hydrogen (secondary N) is 1. The molecule has 0 saturated carbocycles. The van der Waals surface area contributed by atoms with Crippen molar-refractivity contribution >= 4 is 33.4 Å². The average Bonchev–Trinajstić information content (AvgIpc) is 2.96. The fraction of sp³-hybridized carbons (Fsp3) is 0.0526. The molecule has 2 nitrogen and oxygen atoms in total. The molecule has 0 amide bonds. The normalized spacial score (nSPS) is 11.2. The maximum Gasteiger partial charge on any atom is 0.128 e. The Kier molecular flexibility index (Phi) is 3.05. The van der Waals surface area contributed by atoms with Gasteiger partial charge in [0.05, 0.1) is 23.0 Å². The van der Waals surface area contributed by atoms with Gasteiger partial charge >= 0.3 is 0 Å². The fourth-order valence-electron chi connectivity index (χ4n) is 2.92. The van der Waals surface area contributed by atoms with Gasteiger partial charge in [0.1, 0.15) is 5.75 Å². The van der Waals surface area contributed by atoms with E-state index in [1.165, 1.54) is 11.1 Å². The predicted octanol–water partition coefficient (Wildman–Crippen LogP) is 5.65. The van der Waals surface area contributed by atoms with Crippen molar-refractivity contribution in [3.05, 3.63) is 65.7 Å². The minimum atomic E-state index is 0.702. The Morgan fingerprint density at radius 1 is 0.909 bits per heavy atom. The van der Waals surface area contributed by atoms with Gasteiger partial charge in [0, 0.05) is 10.9 Å². The topological polar surface area (TPSA) is 25.0 Å². The molecule has 4 rings (SSSR count). The van der Waals surface area contributed by atoms with Crippen LogP contribution in [0.3, 0.4) is 0 Å². The zero-order chi connectivity index (χ0) is 15.1. The van der Waals surface area contributed by atoms with Crippen LogP contribution in [0.1, 0.15) is 0 Å². The van der Waals surface area contributed by atoms with Crippen LogP contribution in [-0.4, -0.2) is 12.1 Å². The van der Waals surface area contributed by atoms with Crippen LogP contribution in [-0.2, 0) is 0 Å². The van der Waals surface area contributed by atoms with E-state index in [-0.39, 0.29) is 0 Å². The summed E-state index contributed by atoms with van der Waals surface area (Å²) in [7, 11) is 1.68. The molecule has 1 aromatic heterocycles. The van der Waals surface area contributed by atoms with Gasteiger partial charge in [-0.2, -0.15) is 0 Å². The van der Waals surface area contributed by atoms with E-state index in [9.17, 15) is 0 Å². The minimum Gasteiger partial charge on any atom is -0.496 e. The Bertz CT molecular complexity index is 973. The van der Waals surface area contributed by atoms with Crippen molar-refractivity contribution in [1.82, 2.24) is 4.98 Å². The Labute approximate surface area is 133 Å². The molecule has 22 heavy (non-hydrogen) atoms. The molecule has 0 fully saturated rings. The van der Waals surface area contributed by atoms with Crippen molar-refractivity contribution < 1.29 is 4.74 Å². The van der Waals surface area contributed by atoms with Gasteiger partial charge in [-0.15, -0.1) is 0 Å². The van der Waals surface area contributed by atoms with Crippen LogP contribution in [0, 0.1) is 0 Å². The van der Waals surface area contributed by atoms with Crippen molar-refractivity contribution in [3.8, 4) is 16.9 Å². The van der Waals surface area contributed by atoms with Gasteiger partial charge in [0.25, 0.3) is 0 Å². The molecule has 0 atom stereocenters. The summed E-state index contributed by atoms with van der Waals surface area (Å²) in [4.78, 5) is 3.39. The van der Waals surface area contributed by atoms with Crippen LogP contribution >= 0.6 is 11.6 Å². The zero-order valence-electron chi connectivity index (χ0n) is 12.1. The van der Waals surface area contributed by atoms with Crippen LogP contribution in [0.15, 0.2) is 60.7 Å². The van der Waals surface area contributed by atoms with Gasteiger partial charge < -0.3 is 9.72 Å². The summed E-state index contributed by atoms with van der Waals surface area (Å²) in [6, 6.07) is 20.5. The summed E-state index contributed by atoms with van der Waals surface area (Å²) in [5.74, 6) is 0.830. The SMILES string of the molecule is COc1ccc(Cl)c2[nH]c3ccc(-c4ccccc4)cc3c12. The number of halogens is 1. The van der Waals surface area contributed by atoms with Gasteiger partial charge in [0.15, 0.2) is 0 Å². The van der Waals surface area contributed by atoms with Crippen molar-refractivity contribution in [3.63, 3.8) is 0 Å². The first-order valence-electron chi connectivity index (χ1n) is 7.11. The highest BCUT2D eigenvalue weighted by Crippen LogP contribution is 2.38. The Morgan fingerprint density at radius 2 is 1.73 bits per heavy atom. The number of hydrogen-bond donors (Lipinski definition) is 1. The summed E-state index contributed by atoms with van der Waals surface area (Å²) in [6.45, 7) is 0. The quantitative estimate of drug-likeness (QED) is 0.508. The summed E-state index contributed by atoms with van der Waals surface area (Å²) < 4.78 is 5.52. The Balaban J connectivity index is 2.07. The molecule has 0 unspecified atom stereocenters. The summed E-state index contributed by atoms with van der Waals surface area (Å²) in [5.41, 5.74) is 4.35. The standard InChI is InChI=1S/C19H14ClNO/c1-22-17-10-8-15(20)19-18(17)14-11-13(7-9-16(14)21-19)12-5-3-2-4-6-12/h2-11,21H,1H3. The van der Waals surface area contributed by atoms with Crippen molar-refractivity contribution in [2.45, 2.75) is 0 Å². The smallest absolute Gasteiger partial charge is 0.128 e. The number of benzene rings is 3. The second-order valence-corrected chi connectivity index (χ2v) is 5.66. The van der Waals surface area contributed by atoms with Crippen LogP contribution in [0.5, 0.6) is 5.75 Å². The lowest BCUT2D eigenvalue weighted by molar-refractivity contribution is 0.420. The lowest BCUT2D eigenvalue weighted by Crippen LogP contribution is -1.84. The van der Waals surface area contributed by atoms with E-state index in [2.05, 4.69) is 35.3 Å². The number of ether oxygens (including phenoxy) is 1. The fourth-order valence-corrected chi connectivity index (χ4v) is 3.13. The van der Waals surface area contributed by atoms with E-state index in [0.717, 1.165) is 27.6 Å². The molecule has 4 aromatic rings. The lowest BCUT2D eigenvalue weighted by Gasteiger charge is -2.04. The van der Waals surface area contributed by atoms with E-state index < -0.39 is 0 Å². The maximum absolute atomic E-state index is 6.33. The Morgan fingerprint density at radius 3 is 2.50 bits per heavy atom. The molecule has 0 radical (unpaired) electrons. The van der Waals surface area contributed by atoms with Gasteiger partial charge in [-0.05, 0) is 35.4 Å². The molecule has 0 aliphatic carbocycles. The number of hydrogen-bond acceptors (Lipinski definition) is 1. The number of H-pyrrole nitrogens is 1. The highest BCUT2D eigenvalue weighted by molar-refractivity contribution is 6.36. The first kappa shape index (κ1) is 13.2. The maximum atomic E-state index is 6.33. The molecule has 0 saturated heterocycles. The minimum absolute atomic E-state index is 0.702. The molecule has 1 N–H and O–H groups in total. The molecule has 108 valence electrons. The first-order chi connectivity index (χ1) is 10.8. The van der Waals surface area contributed by atoms with Gasteiger partial charge in [-0.1, -0.05) is 48.0 Å². The van der Waals surface area contributed by atoms with Crippen LogP contribution in [0.2, 0.25) is 5.02 Å². The second-order valence-electron chi connectivity index (χ2n) is 5.25. The molecule has 0 spiro atoms. The number of methoxy groups -OCH3 is 1.